The van der Waals surface area contributed by atoms with Crippen LogP contribution in [0.4, 0.5) is 23.1 Å². The van der Waals surface area contributed by atoms with Gasteiger partial charge in [-0.15, -0.1) is 0 Å². The summed E-state index contributed by atoms with van der Waals surface area (Å²) in [7, 11) is 0. The highest BCUT2D eigenvalue weighted by Gasteiger charge is 2.13. The van der Waals surface area contributed by atoms with Crippen LogP contribution in [-0.4, -0.2) is 33.3 Å². The van der Waals surface area contributed by atoms with Crippen LogP contribution in [0.25, 0.3) is 4.85 Å². The van der Waals surface area contributed by atoms with Gasteiger partial charge in [-0.25, -0.2) is 9.83 Å². The average molecular weight is 377 g/mol. The van der Waals surface area contributed by atoms with Crippen LogP contribution in [0.1, 0.15) is 23.9 Å². The lowest BCUT2D eigenvalue weighted by Crippen LogP contribution is -2.14. The molecule has 0 atom stereocenters. The Balaban J connectivity index is 1.72. The van der Waals surface area contributed by atoms with Crippen LogP contribution in [0.5, 0.6) is 5.75 Å². The van der Waals surface area contributed by atoms with Gasteiger partial charge in [0.15, 0.2) is 5.82 Å². The maximum atomic E-state index is 7.53. The molecule has 0 saturated carbocycles. The number of pyridine rings is 2. The van der Waals surface area contributed by atoms with Crippen LogP contribution in [-0.2, 0) is 6.42 Å². The molecule has 8 heteroatoms. The fourth-order valence-electron chi connectivity index (χ4n) is 2.74. The van der Waals surface area contributed by atoms with Gasteiger partial charge in [-0.1, -0.05) is 6.92 Å². The van der Waals surface area contributed by atoms with Gasteiger partial charge in [-0.3, -0.25) is 10.1 Å². The van der Waals surface area contributed by atoms with Crippen molar-refractivity contribution >= 4 is 23.1 Å². The third-order valence-electron chi connectivity index (χ3n) is 4.14. The summed E-state index contributed by atoms with van der Waals surface area (Å²) < 4.78 is 5.76. The molecule has 0 saturated heterocycles. The molecule has 3 N–H and O–H groups in total. The van der Waals surface area contributed by atoms with E-state index < -0.39 is 0 Å². The fourth-order valence-corrected chi connectivity index (χ4v) is 2.74. The number of aromatic amines is 1. The quantitative estimate of drug-likeness (QED) is 0.403. The van der Waals surface area contributed by atoms with Crippen molar-refractivity contribution < 1.29 is 4.74 Å². The second-order valence-corrected chi connectivity index (χ2v) is 6.25. The molecule has 0 radical (unpaired) electrons. The van der Waals surface area contributed by atoms with Crippen LogP contribution in [0.2, 0.25) is 0 Å². The lowest BCUT2D eigenvalue weighted by Gasteiger charge is -2.14. The third kappa shape index (κ3) is 4.57. The summed E-state index contributed by atoms with van der Waals surface area (Å²) in [5.74, 6) is 2.61. The van der Waals surface area contributed by atoms with E-state index in [-0.39, 0.29) is 0 Å². The van der Waals surface area contributed by atoms with Gasteiger partial charge in [0.25, 0.3) is 0 Å². The van der Waals surface area contributed by atoms with Gasteiger partial charge < -0.3 is 15.4 Å². The van der Waals surface area contributed by atoms with Gasteiger partial charge in [0, 0.05) is 24.5 Å². The van der Waals surface area contributed by atoms with Crippen LogP contribution in [0.3, 0.4) is 0 Å². The molecule has 0 aliphatic carbocycles. The number of rotatable bonds is 8. The van der Waals surface area contributed by atoms with Crippen LogP contribution in [0, 0.1) is 20.4 Å². The first-order valence-corrected chi connectivity index (χ1v) is 9.09. The summed E-state index contributed by atoms with van der Waals surface area (Å²) in [6.07, 6.45) is 2.46. The maximum Gasteiger partial charge on any atom is 0.231 e. The van der Waals surface area contributed by atoms with E-state index in [0.29, 0.717) is 36.3 Å². The highest BCUT2D eigenvalue weighted by Crippen LogP contribution is 2.31. The highest BCUT2D eigenvalue weighted by atomic mass is 16.5. The minimum atomic E-state index is 0.434. The van der Waals surface area contributed by atoms with E-state index in [0.717, 1.165) is 29.1 Å². The van der Waals surface area contributed by atoms with E-state index in [9.17, 15) is 0 Å². The lowest BCUT2D eigenvalue weighted by molar-refractivity contribution is 0.329. The zero-order valence-electron chi connectivity index (χ0n) is 16.2. The zero-order chi connectivity index (χ0) is 19.9. The summed E-state index contributed by atoms with van der Waals surface area (Å²) in [6, 6.07) is 7.51. The smallest absolute Gasteiger partial charge is 0.231 e. The van der Waals surface area contributed by atoms with Gasteiger partial charge in [0.05, 0.1) is 12.3 Å². The highest BCUT2D eigenvalue weighted by molar-refractivity contribution is 5.73. The molecule has 3 aromatic heterocycles. The van der Waals surface area contributed by atoms with Crippen molar-refractivity contribution in [3.8, 4) is 5.75 Å². The average Bonchev–Trinajstić information content (AvgIpc) is 3.10. The summed E-state index contributed by atoms with van der Waals surface area (Å²) >= 11 is 0. The molecular formula is C20H23N7O. The first kappa shape index (κ1) is 19.2. The van der Waals surface area contributed by atoms with Crippen molar-refractivity contribution in [3.05, 3.63) is 58.8 Å². The molecule has 0 amide bonds. The second-order valence-electron chi connectivity index (χ2n) is 6.25. The molecule has 0 bridgehead atoms. The predicted molar refractivity (Wildman–Crippen MR) is 109 cm³/mol. The summed E-state index contributed by atoms with van der Waals surface area (Å²) in [4.78, 5) is 12.4. The van der Waals surface area contributed by atoms with Crippen molar-refractivity contribution in [2.45, 2.75) is 27.2 Å². The Kier molecular flexibility index (Phi) is 6.07. The summed E-state index contributed by atoms with van der Waals surface area (Å²) in [5.41, 5.74) is 3.25. The van der Waals surface area contributed by atoms with E-state index in [1.807, 2.05) is 45.0 Å². The van der Waals surface area contributed by atoms with E-state index in [1.165, 1.54) is 0 Å². The van der Waals surface area contributed by atoms with Crippen molar-refractivity contribution in [1.29, 1.82) is 0 Å². The number of aromatic nitrogens is 4. The Labute approximate surface area is 164 Å². The number of ether oxygens (including phenoxy) is 1. The molecule has 28 heavy (non-hydrogen) atoms. The zero-order valence-corrected chi connectivity index (χ0v) is 16.2. The number of H-pyrrole nitrogens is 1. The van der Waals surface area contributed by atoms with Crippen molar-refractivity contribution in [3.63, 3.8) is 0 Å². The topological polar surface area (TPSA) is 92.1 Å². The molecular weight excluding hydrogens is 354 g/mol. The minimum Gasteiger partial charge on any atom is -0.490 e. The van der Waals surface area contributed by atoms with E-state index in [1.54, 1.807) is 6.20 Å². The van der Waals surface area contributed by atoms with Crippen LogP contribution >= 0.6 is 0 Å². The van der Waals surface area contributed by atoms with E-state index >= 15 is 0 Å². The first-order valence-electron chi connectivity index (χ1n) is 9.09. The SMILES string of the molecule is [C-]#[N+]c1c(CC)cc(Nc2cc(C)[nH]n2)nc1NCCOc1cccnc1C. The van der Waals surface area contributed by atoms with E-state index in [2.05, 4.69) is 35.6 Å². The fraction of sp³-hybridized carbons (Fsp3) is 0.300. The standard InChI is InChI=1S/C20H23N7O/c1-5-15-12-17(24-18-11-13(2)26-27-18)25-20(19(15)21-4)23-9-10-28-16-7-6-8-22-14(16)3/h6-8,11-12H,5,9-10H2,1-3H3,(H3,23,24,25,26,27). The third-order valence-corrected chi connectivity index (χ3v) is 4.14. The lowest BCUT2D eigenvalue weighted by atomic mass is 10.1. The van der Waals surface area contributed by atoms with Gasteiger partial charge in [-0.2, -0.15) is 5.10 Å². The molecule has 0 aliphatic heterocycles. The minimum absolute atomic E-state index is 0.434. The Hall–Kier alpha value is -3.60. The molecule has 0 aliphatic rings. The Bertz CT molecular complexity index is 990. The first-order chi connectivity index (χ1) is 13.6. The van der Waals surface area contributed by atoms with E-state index in [4.69, 9.17) is 11.3 Å². The Morgan fingerprint density at radius 2 is 2.11 bits per heavy atom. The van der Waals surface area contributed by atoms with Crippen LogP contribution < -0.4 is 15.4 Å². The number of anilines is 3. The molecule has 3 heterocycles. The second kappa shape index (κ2) is 8.86. The molecule has 0 aromatic carbocycles. The molecule has 3 aromatic rings. The number of nitrogens with one attached hydrogen (secondary N) is 3. The molecule has 0 unspecified atom stereocenters. The predicted octanol–water partition coefficient (Wildman–Crippen LogP) is 4.16. The number of hydrogen-bond donors (Lipinski definition) is 3. The maximum absolute atomic E-state index is 7.53. The molecule has 0 spiro atoms. The van der Waals surface area contributed by atoms with Crippen LogP contribution in [0.15, 0.2) is 30.5 Å². The van der Waals surface area contributed by atoms with Crippen molar-refractivity contribution in [1.82, 2.24) is 20.2 Å². The molecule has 8 nitrogen and oxygen atoms in total. The summed E-state index contributed by atoms with van der Waals surface area (Å²) in [5, 5.41) is 13.5. The van der Waals surface area contributed by atoms with Gasteiger partial charge in [-0.05, 0) is 44.0 Å². The molecule has 3 rings (SSSR count). The normalized spacial score (nSPS) is 10.4. The monoisotopic (exact) mass is 377 g/mol. The van der Waals surface area contributed by atoms with Gasteiger partial charge in [0.1, 0.15) is 24.0 Å². The van der Waals surface area contributed by atoms with Crippen molar-refractivity contribution in [2.75, 3.05) is 23.8 Å². The largest absolute Gasteiger partial charge is 0.490 e. The number of aryl methyl sites for hydroxylation is 3. The summed E-state index contributed by atoms with van der Waals surface area (Å²) in [6.45, 7) is 14.3. The Morgan fingerprint density at radius 1 is 1.25 bits per heavy atom. The molecule has 144 valence electrons. The Morgan fingerprint density at radius 3 is 2.79 bits per heavy atom. The van der Waals surface area contributed by atoms with Crippen molar-refractivity contribution in [2.24, 2.45) is 0 Å². The van der Waals surface area contributed by atoms with Gasteiger partial charge >= 0.3 is 0 Å². The number of hydrogen-bond acceptors (Lipinski definition) is 6. The number of nitrogens with zero attached hydrogens (tertiary/aromatic N) is 4. The van der Waals surface area contributed by atoms with Gasteiger partial charge in [0.2, 0.25) is 5.69 Å². The molecule has 0 fully saturated rings.